The fraction of sp³-hybridized carbons (Fsp3) is 0.333. The van der Waals surface area contributed by atoms with Crippen LogP contribution in [0.2, 0.25) is 0 Å². The highest BCUT2D eigenvalue weighted by atomic mass is 32.1. The predicted octanol–water partition coefficient (Wildman–Crippen LogP) is 4.28. The lowest BCUT2D eigenvalue weighted by atomic mass is 10.1. The van der Waals surface area contributed by atoms with Crippen LogP contribution in [0.25, 0.3) is 10.2 Å². The second kappa shape index (κ2) is 8.43. The van der Waals surface area contributed by atoms with Gasteiger partial charge in [-0.2, -0.15) is 4.98 Å². The smallest absolute Gasteiger partial charge is 0.274 e. The minimum atomic E-state index is -0.702. The van der Waals surface area contributed by atoms with E-state index in [0.29, 0.717) is 52.9 Å². The molecule has 0 atom stereocenters. The lowest BCUT2D eigenvalue weighted by Gasteiger charge is -2.31. The van der Waals surface area contributed by atoms with E-state index in [1.165, 1.54) is 13.2 Å². The molecular weight excluding hydrogens is 414 g/mol. The van der Waals surface area contributed by atoms with E-state index in [1.807, 2.05) is 0 Å². The minimum Gasteiger partial charge on any atom is -0.493 e. The van der Waals surface area contributed by atoms with Crippen LogP contribution in [0, 0.1) is 11.6 Å². The quantitative estimate of drug-likeness (QED) is 0.600. The van der Waals surface area contributed by atoms with Crippen molar-refractivity contribution < 1.29 is 27.8 Å². The maximum Gasteiger partial charge on any atom is 0.274 e. The maximum atomic E-state index is 13.8. The van der Waals surface area contributed by atoms with Crippen molar-refractivity contribution in [1.29, 1.82) is 0 Å². The van der Waals surface area contributed by atoms with Gasteiger partial charge in [-0.1, -0.05) is 11.3 Å². The van der Waals surface area contributed by atoms with Gasteiger partial charge >= 0.3 is 0 Å². The van der Waals surface area contributed by atoms with E-state index in [1.54, 1.807) is 30.2 Å². The van der Waals surface area contributed by atoms with Crippen LogP contribution in [0.3, 0.4) is 0 Å². The summed E-state index contributed by atoms with van der Waals surface area (Å²) in [7, 11) is 3.07. The molecular formula is C21H20F2N2O4S. The third-order valence-corrected chi connectivity index (χ3v) is 5.91. The van der Waals surface area contributed by atoms with Gasteiger partial charge in [0.15, 0.2) is 17.3 Å². The number of aromatic nitrogens is 1. The molecule has 0 bridgehead atoms. The van der Waals surface area contributed by atoms with E-state index < -0.39 is 11.6 Å². The molecule has 1 amide bonds. The van der Waals surface area contributed by atoms with Crippen molar-refractivity contribution in [3.8, 4) is 16.7 Å². The molecule has 30 heavy (non-hydrogen) atoms. The molecule has 3 aromatic rings. The Bertz CT molecular complexity index is 1080. The van der Waals surface area contributed by atoms with Gasteiger partial charge in [0.05, 0.1) is 18.9 Å². The molecule has 1 aliphatic heterocycles. The number of ether oxygens (including phenoxy) is 3. The first-order valence-electron chi connectivity index (χ1n) is 9.42. The van der Waals surface area contributed by atoms with Gasteiger partial charge in [-0.3, -0.25) is 4.79 Å². The molecule has 2 aromatic carbocycles. The Morgan fingerprint density at radius 2 is 1.83 bits per heavy atom. The topological polar surface area (TPSA) is 60.9 Å². The second-order valence-corrected chi connectivity index (χ2v) is 7.89. The summed E-state index contributed by atoms with van der Waals surface area (Å²) in [5, 5.41) is 0.305. The minimum absolute atomic E-state index is 0.0908. The largest absolute Gasteiger partial charge is 0.493 e. The lowest BCUT2D eigenvalue weighted by molar-refractivity contribution is 0.0595. The van der Waals surface area contributed by atoms with Crippen LogP contribution in [0.15, 0.2) is 30.3 Å². The molecule has 1 aliphatic rings. The number of nitrogens with zero attached hydrogens (tertiary/aromatic N) is 2. The van der Waals surface area contributed by atoms with Gasteiger partial charge in [0, 0.05) is 37.6 Å². The highest BCUT2D eigenvalue weighted by Crippen LogP contribution is 2.32. The molecule has 0 saturated carbocycles. The summed E-state index contributed by atoms with van der Waals surface area (Å²) in [6.45, 7) is 1.04. The molecule has 0 radical (unpaired) electrons. The first kappa shape index (κ1) is 20.3. The summed E-state index contributed by atoms with van der Waals surface area (Å²) in [6, 6.07) is 7.13. The zero-order chi connectivity index (χ0) is 21.3. The zero-order valence-electron chi connectivity index (χ0n) is 16.5. The average Bonchev–Trinajstić information content (AvgIpc) is 3.15. The number of hydrogen-bond donors (Lipinski definition) is 0. The normalized spacial score (nSPS) is 14.7. The summed E-state index contributed by atoms with van der Waals surface area (Å²) in [4.78, 5) is 18.7. The highest BCUT2D eigenvalue weighted by Gasteiger charge is 2.26. The fourth-order valence-corrected chi connectivity index (χ4v) is 4.38. The highest BCUT2D eigenvalue weighted by molar-refractivity contribution is 7.20. The Hall–Kier alpha value is -2.94. The molecule has 0 unspecified atom stereocenters. The number of thiazole rings is 1. The van der Waals surface area contributed by atoms with Gasteiger partial charge in [-0.15, -0.1) is 0 Å². The lowest BCUT2D eigenvalue weighted by Crippen LogP contribution is -2.41. The average molecular weight is 434 g/mol. The van der Waals surface area contributed by atoms with Crippen LogP contribution in [-0.2, 0) is 0 Å². The Labute approximate surface area is 176 Å². The number of hydrogen-bond acceptors (Lipinski definition) is 6. The van der Waals surface area contributed by atoms with Crippen LogP contribution < -0.4 is 14.2 Å². The summed E-state index contributed by atoms with van der Waals surface area (Å²) in [6.07, 6.45) is 1.09. The molecule has 1 aromatic heterocycles. The predicted molar refractivity (Wildman–Crippen MR) is 109 cm³/mol. The monoisotopic (exact) mass is 434 g/mol. The van der Waals surface area contributed by atoms with E-state index in [0.717, 1.165) is 17.4 Å². The van der Waals surface area contributed by atoms with Gasteiger partial charge in [0.2, 0.25) is 0 Å². The number of methoxy groups -OCH3 is 2. The number of rotatable bonds is 5. The van der Waals surface area contributed by atoms with Crippen LogP contribution in [0.4, 0.5) is 8.78 Å². The van der Waals surface area contributed by atoms with Crippen LogP contribution in [0.1, 0.15) is 23.2 Å². The van der Waals surface area contributed by atoms with Crippen LogP contribution >= 0.6 is 11.3 Å². The number of amides is 1. The van der Waals surface area contributed by atoms with Gasteiger partial charge in [0.1, 0.15) is 17.4 Å². The molecule has 0 N–H and O–H groups in total. The number of halogens is 2. The molecule has 1 saturated heterocycles. The number of likely N-dealkylation sites (tertiary alicyclic amines) is 1. The van der Waals surface area contributed by atoms with Crippen molar-refractivity contribution in [3.05, 3.63) is 47.5 Å². The van der Waals surface area contributed by atoms with E-state index >= 15 is 0 Å². The molecule has 0 spiro atoms. The van der Waals surface area contributed by atoms with Crippen LogP contribution in [0.5, 0.6) is 16.7 Å². The number of fused-ring (bicyclic) bond motifs is 1. The second-order valence-electron chi connectivity index (χ2n) is 6.89. The third-order valence-electron chi connectivity index (χ3n) is 5.02. The van der Waals surface area contributed by atoms with Crippen molar-refractivity contribution in [1.82, 2.24) is 9.88 Å². The molecule has 4 rings (SSSR count). The first-order chi connectivity index (χ1) is 14.5. The van der Waals surface area contributed by atoms with Crippen molar-refractivity contribution in [3.63, 3.8) is 0 Å². The molecule has 1 fully saturated rings. The number of piperidine rings is 1. The van der Waals surface area contributed by atoms with Crippen LogP contribution in [-0.4, -0.2) is 49.2 Å². The van der Waals surface area contributed by atoms with Gasteiger partial charge in [-0.05, 0) is 24.3 Å². The molecule has 9 heteroatoms. The van der Waals surface area contributed by atoms with E-state index in [4.69, 9.17) is 14.2 Å². The Morgan fingerprint density at radius 1 is 1.10 bits per heavy atom. The summed E-state index contributed by atoms with van der Waals surface area (Å²) in [5.74, 6) is -0.370. The maximum absolute atomic E-state index is 13.8. The van der Waals surface area contributed by atoms with Crippen molar-refractivity contribution >= 4 is 27.5 Å². The van der Waals surface area contributed by atoms with E-state index in [9.17, 15) is 13.6 Å². The Kier molecular flexibility index (Phi) is 5.72. The SMILES string of the molecule is COc1ccc(C(=O)N2CCC(Oc3nc4c(F)cc(F)cc4s3)CC2)cc1OC. The zero-order valence-corrected chi connectivity index (χ0v) is 17.3. The molecule has 6 nitrogen and oxygen atoms in total. The number of carbonyl (C=O) groups is 1. The van der Waals surface area contributed by atoms with Crippen molar-refractivity contribution in [2.45, 2.75) is 18.9 Å². The summed E-state index contributed by atoms with van der Waals surface area (Å²) in [5.41, 5.74) is 0.633. The third kappa shape index (κ3) is 4.02. The van der Waals surface area contributed by atoms with Crippen molar-refractivity contribution in [2.24, 2.45) is 0 Å². The summed E-state index contributed by atoms with van der Waals surface area (Å²) < 4.78 is 43.9. The number of carbonyl (C=O) groups excluding carboxylic acids is 1. The Balaban J connectivity index is 1.39. The standard InChI is InChI=1S/C21H20F2N2O4S/c1-27-16-4-3-12(9-17(16)28-2)20(26)25-7-5-14(6-8-25)29-21-24-19-15(23)10-13(22)11-18(19)30-21/h3-4,9-11,14H,5-8H2,1-2H3. The van der Waals surface area contributed by atoms with Gasteiger partial charge in [-0.25, -0.2) is 8.78 Å². The van der Waals surface area contributed by atoms with Crippen molar-refractivity contribution in [2.75, 3.05) is 27.3 Å². The fourth-order valence-electron chi connectivity index (χ4n) is 3.46. The summed E-state index contributed by atoms with van der Waals surface area (Å²) >= 11 is 1.11. The van der Waals surface area contributed by atoms with Gasteiger partial charge in [0.25, 0.3) is 11.1 Å². The molecule has 158 valence electrons. The number of benzene rings is 2. The first-order valence-corrected chi connectivity index (χ1v) is 10.2. The Morgan fingerprint density at radius 3 is 2.53 bits per heavy atom. The van der Waals surface area contributed by atoms with E-state index in [2.05, 4.69) is 4.98 Å². The molecule has 2 heterocycles. The van der Waals surface area contributed by atoms with E-state index in [-0.39, 0.29) is 17.5 Å². The molecule has 0 aliphatic carbocycles. The van der Waals surface area contributed by atoms with Gasteiger partial charge < -0.3 is 19.1 Å².